The summed E-state index contributed by atoms with van der Waals surface area (Å²) >= 11 is 1.49. The minimum absolute atomic E-state index is 0.781. The number of benzene rings is 1. The number of nitrogens with zero attached hydrogens (tertiary/aromatic N) is 2. The fraction of sp³-hybridized carbons (Fsp3) is 0. The molecule has 86 valence electrons. The molecular weight excluding hydrogens is 242 g/mol. The molecule has 0 saturated carbocycles. The van der Waals surface area contributed by atoms with Gasteiger partial charge >= 0.3 is 0 Å². The molecule has 3 rings (SSSR count). The molecule has 0 radical (unpaired) electrons. The van der Waals surface area contributed by atoms with Crippen molar-refractivity contribution < 1.29 is 0 Å². The monoisotopic (exact) mass is 251 g/mol. The summed E-state index contributed by atoms with van der Waals surface area (Å²) in [5.41, 5.74) is 0.992. The summed E-state index contributed by atoms with van der Waals surface area (Å²) in [5.74, 6) is 3.41. The van der Waals surface area contributed by atoms with Crippen LogP contribution in [0.25, 0.3) is 10.2 Å². The van der Waals surface area contributed by atoms with Crippen molar-refractivity contribution in [3.05, 3.63) is 47.6 Å². The molecule has 0 bridgehead atoms. The molecule has 18 heavy (non-hydrogen) atoms. The Labute approximate surface area is 109 Å². The van der Waals surface area contributed by atoms with Gasteiger partial charge in [-0.2, -0.15) is 0 Å². The highest BCUT2D eigenvalue weighted by Gasteiger charge is 2.07. The fourth-order valence-corrected chi connectivity index (χ4v) is 2.49. The number of fused-ring (bicyclic) bond motifs is 1. The highest BCUT2D eigenvalue weighted by molar-refractivity contribution is 7.19. The maximum atomic E-state index is 5.41. The van der Waals surface area contributed by atoms with E-state index >= 15 is 0 Å². The molecule has 0 saturated heterocycles. The van der Waals surface area contributed by atoms with Crippen molar-refractivity contribution in [1.82, 2.24) is 9.97 Å². The van der Waals surface area contributed by atoms with E-state index in [1.807, 2.05) is 36.4 Å². The van der Waals surface area contributed by atoms with Gasteiger partial charge in [0.05, 0.1) is 10.3 Å². The van der Waals surface area contributed by atoms with Crippen LogP contribution >= 0.6 is 11.3 Å². The van der Waals surface area contributed by atoms with Crippen LogP contribution < -0.4 is 5.32 Å². The Hall–Kier alpha value is -2.38. The van der Waals surface area contributed by atoms with Crippen LogP contribution in [0.2, 0.25) is 0 Å². The number of hydrogen-bond donors (Lipinski definition) is 1. The summed E-state index contributed by atoms with van der Waals surface area (Å²) in [6, 6.07) is 11.8. The van der Waals surface area contributed by atoms with Gasteiger partial charge in [-0.15, -0.1) is 17.8 Å². The standard InChI is InChI=1S/C14H9N3S/c1-2-11-8-12-13(15-9-16-14(12)18-11)17-10-6-4-3-5-7-10/h1,3-9H,(H,15,16,17). The molecule has 4 heteroatoms. The van der Waals surface area contributed by atoms with E-state index in [1.165, 1.54) is 11.3 Å². The Balaban J connectivity index is 2.07. The zero-order valence-electron chi connectivity index (χ0n) is 9.42. The predicted molar refractivity (Wildman–Crippen MR) is 75.1 cm³/mol. The van der Waals surface area contributed by atoms with Crippen LogP contribution in [0.5, 0.6) is 0 Å². The third-order valence-electron chi connectivity index (χ3n) is 2.51. The van der Waals surface area contributed by atoms with Crippen molar-refractivity contribution in [3.8, 4) is 12.3 Å². The molecular formula is C14H9N3S. The summed E-state index contributed by atoms with van der Waals surface area (Å²) < 4.78 is 0. The first-order valence-corrected chi connectivity index (χ1v) is 6.22. The first-order chi connectivity index (χ1) is 8.86. The molecule has 2 heterocycles. The van der Waals surface area contributed by atoms with Crippen molar-refractivity contribution in [2.24, 2.45) is 0 Å². The van der Waals surface area contributed by atoms with Gasteiger partial charge in [0.2, 0.25) is 0 Å². The molecule has 0 fully saturated rings. The first-order valence-electron chi connectivity index (χ1n) is 5.40. The van der Waals surface area contributed by atoms with Crippen LogP contribution in [0.1, 0.15) is 4.88 Å². The van der Waals surface area contributed by atoms with Gasteiger partial charge in [0.1, 0.15) is 17.0 Å². The van der Waals surface area contributed by atoms with E-state index < -0.39 is 0 Å². The molecule has 0 amide bonds. The lowest BCUT2D eigenvalue weighted by atomic mass is 10.3. The van der Waals surface area contributed by atoms with E-state index in [0.29, 0.717) is 0 Å². The van der Waals surface area contributed by atoms with E-state index in [4.69, 9.17) is 6.42 Å². The van der Waals surface area contributed by atoms with Crippen molar-refractivity contribution in [3.63, 3.8) is 0 Å². The molecule has 0 spiro atoms. The number of para-hydroxylation sites is 1. The second-order valence-corrected chi connectivity index (χ2v) is 4.72. The summed E-state index contributed by atoms with van der Waals surface area (Å²) in [6.07, 6.45) is 6.95. The summed E-state index contributed by atoms with van der Waals surface area (Å²) in [7, 11) is 0. The van der Waals surface area contributed by atoms with Crippen LogP contribution in [0.4, 0.5) is 11.5 Å². The Kier molecular flexibility index (Phi) is 2.67. The molecule has 1 N–H and O–H groups in total. The molecule has 3 aromatic rings. The Morgan fingerprint density at radius 3 is 2.78 bits per heavy atom. The third-order valence-corrected chi connectivity index (χ3v) is 3.48. The summed E-state index contributed by atoms with van der Waals surface area (Å²) in [6.45, 7) is 0. The van der Waals surface area contributed by atoms with E-state index in [1.54, 1.807) is 6.33 Å². The van der Waals surface area contributed by atoms with Crippen molar-refractivity contribution in [2.75, 3.05) is 5.32 Å². The minimum atomic E-state index is 0.781. The van der Waals surface area contributed by atoms with E-state index in [2.05, 4.69) is 21.2 Å². The molecule has 1 aromatic carbocycles. The second kappa shape index (κ2) is 4.47. The van der Waals surface area contributed by atoms with E-state index in [-0.39, 0.29) is 0 Å². The van der Waals surface area contributed by atoms with Crippen molar-refractivity contribution >= 4 is 33.1 Å². The SMILES string of the molecule is C#Cc1cc2c(Nc3ccccc3)ncnc2s1. The molecule has 0 atom stereocenters. The first kappa shape index (κ1) is 10.8. The minimum Gasteiger partial charge on any atom is -0.340 e. The van der Waals surface area contributed by atoms with Crippen LogP contribution in [0.15, 0.2) is 42.7 Å². The Morgan fingerprint density at radius 1 is 1.17 bits per heavy atom. The number of hydrogen-bond acceptors (Lipinski definition) is 4. The molecule has 0 aliphatic rings. The normalized spacial score (nSPS) is 10.2. The topological polar surface area (TPSA) is 37.8 Å². The van der Waals surface area contributed by atoms with Crippen molar-refractivity contribution in [2.45, 2.75) is 0 Å². The lowest BCUT2D eigenvalue weighted by molar-refractivity contribution is 1.23. The number of thiophene rings is 1. The zero-order valence-corrected chi connectivity index (χ0v) is 10.2. The van der Waals surface area contributed by atoms with Gasteiger partial charge in [0.15, 0.2) is 0 Å². The largest absolute Gasteiger partial charge is 0.340 e. The molecule has 2 aromatic heterocycles. The van der Waals surface area contributed by atoms with Gasteiger partial charge in [-0.05, 0) is 18.2 Å². The Bertz CT molecular complexity index is 726. The zero-order chi connectivity index (χ0) is 12.4. The maximum absolute atomic E-state index is 5.41. The maximum Gasteiger partial charge on any atom is 0.142 e. The van der Waals surface area contributed by atoms with Crippen LogP contribution in [-0.4, -0.2) is 9.97 Å². The average Bonchev–Trinajstić information content (AvgIpc) is 2.84. The van der Waals surface area contributed by atoms with Crippen LogP contribution in [0.3, 0.4) is 0 Å². The number of anilines is 2. The van der Waals surface area contributed by atoms with Gasteiger partial charge < -0.3 is 5.32 Å². The van der Waals surface area contributed by atoms with Gasteiger partial charge in [-0.3, -0.25) is 0 Å². The number of terminal acetylenes is 1. The second-order valence-electron chi connectivity index (χ2n) is 3.69. The highest BCUT2D eigenvalue weighted by atomic mass is 32.1. The quantitative estimate of drug-likeness (QED) is 0.709. The van der Waals surface area contributed by atoms with Crippen molar-refractivity contribution in [1.29, 1.82) is 0 Å². The van der Waals surface area contributed by atoms with Crippen LogP contribution in [0, 0.1) is 12.3 Å². The predicted octanol–water partition coefficient (Wildman–Crippen LogP) is 3.42. The molecule has 0 aliphatic heterocycles. The smallest absolute Gasteiger partial charge is 0.142 e. The van der Waals surface area contributed by atoms with Gasteiger partial charge in [-0.1, -0.05) is 24.1 Å². The molecule has 3 nitrogen and oxygen atoms in total. The van der Waals surface area contributed by atoms with E-state index in [9.17, 15) is 0 Å². The van der Waals surface area contributed by atoms with Crippen LogP contribution in [-0.2, 0) is 0 Å². The number of rotatable bonds is 2. The fourth-order valence-electron chi connectivity index (χ4n) is 1.68. The molecule has 0 unspecified atom stereocenters. The van der Waals surface area contributed by atoms with Gasteiger partial charge in [-0.25, -0.2) is 9.97 Å². The third kappa shape index (κ3) is 1.92. The Morgan fingerprint density at radius 2 is 2.00 bits per heavy atom. The number of nitrogens with one attached hydrogen (secondary N) is 1. The highest BCUT2D eigenvalue weighted by Crippen LogP contribution is 2.29. The average molecular weight is 251 g/mol. The lowest BCUT2D eigenvalue weighted by Crippen LogP contribution is -1.93. The van der Waals surface area contributed by atoms with Gasteiger partial charge in [0.25, 0.3) is 0 Å². The lowest BCUT2D eigenvalue weighted by Gasteiger charge is -2.05. The summed E-state index contributed by atoms with van der Waals surface area (Å²) in [4.78, 5) is 10.3. The van der Waals surface area contributed by atoms with Gasteiger partial charge in [0, 0.05) is 5.69 Å². The summed E-state index contributed by atoms with van der Waals surface area (Å²) in [5, 5.41) is 4.23. The molecule has 0 aliphatic carbocycles. The number of aromatic nitrogens is 2. The van der Waals surface area contributed by atoms with E-state index in [0.717, 1.165) is 26.6 Å².